The lowest BCUT2D eigenvalue weighted by atomic mass is 10.2. The second-order valence-electron chi connectivity index (χ2n) is 4.45. The SMILES string of the molecule is CCOc1cc(OB(O)O)cnc1OCc1ccc(C)nc1. The zero-order valence-corrected chi connectivity index (χ0v) is 12.4. The lowest BCUT2D eigenvalue weighted by Gasteiger charge is -2.12. The lowest BCUT2D eigenvalue weighted by molar-refractivity contribution is 0.254. The van der Waals surface area contributed by atoms with Gasteiger partial charge in [0.15, 0.2) is 5.75 Å². The molecule has 0 saturated heterocycles. The van der Waals surface area contributed by atoms with Crippen molar-refractivity contribution in [2.24, 2.45) is 0 Å². The molecule has 2 aromatic heterocycles. The predicted octanol–water partition coefficient (Wildman–Crippen LogP) is 1.11. The summed E-state index contributed by atoms with van der Waals surface area (Å²) in [5, 5.41) is 17.6. The van der Waals surface area contributed by atoms with Crippen LogP contribution in [0.2, 0.25) is 0 Å². The minimum atomic E-state index is -1.92. The average Bonchev–Trinajstić information content (AvgIpc) is 2.48. The summed E-state index contributed by atoms with van der Waals surface area (Å²) >= 11 is 0. The molecule has 0 aliphatic carbocycles. The summed E-state index contributed by atoms with van der Waals surface area (Å²) in [6.07, 6.45) is 3.06. The molecular weight excluding hydrogens is 287 g/mol. The highest BCUT2D eigenvalue weighted by Crippen LogP contribution is 2.29. The summed E-state index contributed by atoms with van der Waals surface area (Å²) in [5.74, 6) is 0.825. The van der Waals surface area contributed by atoms with E-state index < -0.39 is 7.32 Å². The van der Waals surface area contributed by atoms with Crippen molar-refractivity contribution in [3.63, 3.8) is 0 Å². The molecule has 0 spiro atoms. The van der Waals surface area contributed by atoms with Crippen molar-refractivity contribution >= 4 is 7.32 Å². The maximum Gasteiger partial charge on any atom is 0.707 e. The van der Waals surface area contributed by atoms with Crippen LogP contribution in [0.5, 0.6) is 17.4 Å². The van der Waals surface area contributed by atoms with Crippen LogP contribution >= 0.6 is 0 Å². The first-order valence-corrected chi connectivity index (χ1v) is 6.78. The zero-order chi connectivity index (χ0) is 15.9. The fourth-order valence-corrected chi connectivity index (χ4v) is 1.70. The summed E-state index contributed by atoms with van der Waals surface area (Å²) in [4.78, 5) is 8.26. The lowest BCUT2D eigenvalue weighted by Crippen LogP contribution is -2.20. The Hall–Kier alpha value is -2.32. The first-order valence-electron chi connectivity index (χ1n) is 6.78. The minimum Gasteiger partial charge on any atom is -0.511 e. The molecule has 2 N–H and O–H groups in total. The van der Waals surface area contributed by atoms with Gasteiger partial charge in [-0.15, -0.1) is 0 Å². The van der Waals surface area contributed by atoms with Crippen LogP contribution in [0.25, 0.3) is 0 Å². The molecule has 0 saturated carbocycles. The Labute approximate surface area is 128 Å². The number of ether oxygens (including phenoxy) is 2. The Bertz CT molecular complexity index is 607. The topological polar surface area (TPSA) is 93.9 Å². The first kappa shape index (κ1) is 16.1. The molecule has 2 heterocycles. The Balaban J connectivity index is 2.09. The average molecular weight is 304 g/mol. The molecule has 0 radical (unpaired) electrons. The van der Waals surface area contributed by atoms with E-state index in [1.54, 1.807) is 6.20 Å². The summed E-state index contributed by atoms with van der Waals surface area (Å²) in [7, 11) is -1.92. The van der Waals surface area contributed by atoms with E-state index in [4.69, 9.17) is 24.2 Å². The fraction of sp³-hybridized carbons (Fsp3) is 0.286. The number of nitrogens with zero attached hydrogens (tertiary/aromatic N) is 2. The molecule has 0 aliphatic rings. The minimum absolute atomic E-state index is 0.169. The van der Waals surface area contributed by atoms with Crippen molar-refractivity contribution in [3.05, 3.63) is 41.9 Å². The first-order chi connectivity index (χ1) is 10.6. The summed E-state index contributed by atoms with van der Waals surface area (Å²) in [6.45, 7) is 4.44. The van der Waals surface area contributed by atoms with Crippen molar-refractivity contribution in [3.8, 4) is 17.4 Å². The van der Waals surface area contributed by atoms with Gasteiger partial charge in [-0.2, -0.15) is 0 Å². The molecule has 22 heavy (non-hydrogen) atoms. The Morgan fingerprint density at radius 2 is 1.95 bits per heavy atom. The molecule has 2 rings (SSSR count). The number of hydrogen-bond acceptors (Lipinski definition) is 7. The fourth-order valence-electron chi connectivity index (χ4n) is 1.70. The smallest absolute Gasteiger partial charge is 0.511 e. The van der Waals surface area contributed by atoms with Crippen molar-refractivity contribution < 1.29 is 24.2 Å². The highest BCUT2D eigenvalue weighted by Gasteiger charge is 2.15. The van der Waals surface area contributed by atoms with Crippen molar-refractivity contribution in [2.45, 2.75) is 20.5 Å². The van der Waals surface area contributed by atoms with Crippen molar-refractivity contribution in [1.82, 2.24) is 9.97 Å². The molecule has 0 amide bonds. The molecule has 0 aliphatic heterocycles. The van der Waals surface area contributed by atoms with Gasteiger partial charge in [-0.3, -0.25) is 4.98 Å². The van der Waals surface area contributed by atoms with E-state index in [1.807, 2.05) is 26.0 Å². The van der Waals surface area contributed by atoms with E-state index in [-0.39, 0.29) is 5.75 Å². The van der Waals surface area contributed by atoms with Gasteiger partial charge >= 0.3 is 7.32 Å². The maximum absolute atomic E-state index is 8.80. The predicted molar refractivity (Wildman–Crippen MR) is 79.5 cm³/mol. The van der Waals surface area contributed by atoms with E-state index in [0.717, 1.165) is 11.3 Å². The van der Waals surface area contributed by atoms with Crippen molar-refractivity contribution in [1.29, 1.82) is 0 Å². The van der Waals surface area contributed by atoms with Crippen LogP contribution in [0.15, 0.2) is 30.6 Å². The van der Waals surface area contributed by atoms with Gasteiger partial charge in [0.25, 0.3) is 5.88 Å². The molecule has 116 valence electrons. The molecule has 0 aromatic carbocycles. The summed E-state index contributed by atoms with van der Waals surface area (Å²) in [6, 6.07) is 5.30. The monoisotopic (exact) mass is 304 g/mol. The molecule has 0 bridgehead atoms. The quantitative estimate of drug-likeness (QED) is 0.740. The van der Waals surface area contributed by atoms with Gasteiger partial charge in [0.05, 0.1) is 12.8 Å². The van der Waals surface area contributed by atoms with Gasteiger partial charge in [-0.05, 0) is 19.9 Å². The Kier molecular flexibility index (Phi) is 5.57. The number of aromatic nitrogens is 2. The van der Waals surface area contributed by atoms with Gasteiger partial charge < -0.3 is 24.2 Å². The van der Waals surface area contributed by atoms with E-state index in [1.165, 1.54) is 12.3 Å². The van der Waals surface area contributed by atoms with E-state index >= 15 is 0 Å². The Morgan fingerprint density at radius 1 is 1.14 bits per heavy atom. The highest BCUT2D eigenvalue weighted by molar-refractivity contribution is 6.33. The van der Waals surface area contributed by atoms with Gasteiger partial charge in [-0.1, -0.05) is 6.07 Å². The Morgan fingerprint density at radius 3 is 2.59 bits per heavy atom. The van der Waals surface area contributed by atoms with Crippen LogP contribution in [-0.4, -0.2) is 33.9 Å². The van der Waals surface area contributed by atoms with Gasteiger partial charge in [0.2, 0.25) is 0 Å². The second-order valence-corrected chi connectivity index (χ2v) is 4.45. The molecular formula is C14H17BN2O5. The normalized spacial score (nSPS) is 10.2. The molecule has 0 atom stereocenters. The standard InChI is InChI=1S/C14H17BN2O5/c1-3-20-13-6-12(22-15(18)19)8-17-14(13)21-9-11-5-4-10(2)16-7-11/h4-8,18-19H,3,9H2,1-2H3. The third kappa shape index (κ3) is 4.61. The second kappa shape index (κ2) is 7.62. The number of aryl methyl sites for hydroxylation is 1. The third-order valence-corrected chi connectivity index (χ3v) is 2.68. The van der Waals surface area contributed by atoms with Gasteiger partial charge in [0.1, 0.15) is 12.4 Å². The maximum atomic E-state index is 8.80. The molecule has 0 fully saturated rings. The van der Waals surface area contributed by atoms with Gasteiger partial charge in [0, 0.05) is 23.5 Å². The summed E-state index contributed by atoms with van der Waals surface area (Å²) in [5.41, 5.74) is 1.84. The van der Waals surface area contributed by atoms with Crippen LogP contribution in [-0.2, 0) is 6.61 Å². The highest BCUT2D eigenvalue weighted by atomic mass is 16.6. The van der Waals surface area contributed by atoms with E-state index in [0.29, 0.717) is 24.8 Å². The molecule has 8 heteroatoms. The molecule has 7 nitrogen and oxygen atoms in total. The van der Waals surface area contributed by atoms with E-state index in [2.05, 4.69) is 9.97 Å². The van der Waals surface area contributed by atoms with Crippen LogP contribution in [0.1, 0.15) is 18.2 Å². The van der Waals surface area contributed by atoms with Crippen LogP contribution < -0.4 is 14.1 Å². The van der Waals surface area contributed by atoms with E-state index in [9.17, 15) is 0 Å². The third-order valence-electron chi connectivity index (χ3n) is 2.68. The van der Waals surface area contributed by atoms with Crippen molar-refractivity contribution in [2.75, 3.05) is 6.61 Å². The molecule has 2 aromatic rings. The zero-order valence-electron chi connectivity index (χ0n) is 12.4. The largest absolute Gasteiger partial charge is 0.707 e. The summed E-state index contributed by atoms with van der Waals surface area (Å²) < 4.78 is 15.8. The van der Waals surface area contributed by atoms with Gasteiger partial charge in [-0.25, -0.2) is 4.98 Å². The van der Waals surface area contributed by atoms with Crippen LogP contribution in [0, 0.1) is 6.92 Å². The molecule has 0 unspecified atom stereocenters. The van der Waals surface area contributed by atoms with Crippen LogP contribution in [0.3, 0.4) is 0 Å². The van der Waals surface area contributed by atoms with Crippen LogP contribution in [0.4, 0.5) is 0 Å². The number of hydrogen-bond donors (Lipinski definition) is 2. The number of pyridine rings is 2. The number of rotatable bonds is 7.